The van der Waals surface area contributed by atoms with Crippen LogP contribution in [0.3, 0.4) is 0 Å². The van der Waals surface area contributed by atoms with Gasteiger partial charge in [-0.3, -0.25) is 9.13 Å². The number of rotatable bonds is 8. The van der Waals surface area contributed by atoms with Gasteiger partial charge in [-0.05, 0) is 25.2 Å². The summed E-state index contributed by atoms with van der Waals surface area (Å²) in [5.41, 5.74) is 1.32. The van der Waals surface area contributed by atoms with E-state index in [1.54, 1.807) is 0 Å². The molecule has 0 amide bonds. The molecule has 4 unspecified atom stereocenters. The number of phosphoric acid groups is 2. The van der Waals surface area contributed by atoms with Gasteiger partial charge in [-0.1, -0.05) is 53.1 Å². The number of hydrogen-bond donors (Lipinski definition) is 0. The second-order valence-electron chi connectivity index (χ2n) is 3.77. The quantitative estimate of drug-likeness (QED) is 0.230. The summed E-state index contributed by atoms with van der Waals surface area (Å²) < 4.78 is 70.8. The van der Waals surface area contributed by atoms with Gasteiger partial charge >= 0.3 is 107 Å². The Morgan fingerprint density at radius 3 is 0.969 bits per heavy atom. The van der Waals surface area contributed by atoms with Crippen LogP contribution in [0.5, 0.6) is 0 Å². The van der Waals surface area contributed by atoms with E-state index in [1.165, 1.54) is 5.56 Å². The number of aryl methyl sites for hydroxylation is 1. The van der Waals surface area contributed by atoms with E-state index in [9.17, 15) is 56.8 Å². The van der Waals surface area contributed by atoms with Crippen LogP contribution < -0.4 is 29.4 Å². The molecule has 1 aromatic carbocycles. The Bertz CT molecular complexity index is 721. The Kier molecular flexibility index (Phi) is 31.3. The molecule has 0 N–H and O–H groups in total. The predicted octanol–water partition coefficient (Wildman–Crippen LogP) is -0.966. The second kappa shape index (κ2) is 23.0. The zero-order valence-electron chi connectivity index (χ0n) is 15.7. The standard InChI is InChI=1S/C7H8.2HO8P3.3Zn/c1-7-5-3-2-4-6-7;2*1-9(2)7-11(5,6)8-10(3)4;;;/h2-6H,1H3;2*(H,5,6);;;/q;;;3*+2/p-2. The number of benzene rings is 1. The molecule has 0 fully saturated rings. The zero-order chi connectivity index (χ0) is 23.3. The Morgan fingerprint density at radius 1 is 0.625 bits per heavy atom. The van der Waals surface area contributed by atoms with Gasteiger partial charge in [0.05, 0.1) is 0 Å². The molecule has 0 saturated carbocycles. The maximum absolute atomic E-state index is 10.1. The molecule has 0 aliphatic rings. The van der Waals surface area contributed by atoms with Crippen molar-refractivity contribution >= 4 is 48.7 Å². The first-order chi connectivity index (χ1) is 13.1. The average molecular weight is 730 g/mol. The first-order valence-corrected chi connectivity index (χ1v) is 13.4. The Balaban J connectivity index is -0.000000111. The Hall–Kier alpha value is 1.55. The van der Waals surface area contributed by atoms with E-state index in [2.05, 4.69) is 36.3 Å². The van der Waals surface area contributed by atoms with Gasteiger partial charge in [0.15, 0.2) is 0 Å². The van der Waals surface area contributed by atoms with Gasteiger partial charge in [0.2, 0.25) is 0 Å². The van der Waals surface area contributed by atoms with Crippen molar-refractivity contribution in [3.8, 4) is 0 Å². The van der Waals surface area contributed by atoms with Crippen LogP contribution in [0.15, 0.2) is 30.3 Å². The zero-order valence-corrected chi connectivity index (χ0v) is 30.0. The minimum atomic E-state index is -5.25. The molecule has 0 aromatic heterocycles. The van der Waals surface area contributed by atoms with E-state index in [0.29, 0.717) is 0 Å². The summed E-state index contributed by atoms with van der Waals surface area (Å²) in [7, 11) is -25.2. The monoisotopic (exact) mass is 726 g/mol. The fraction of sp³-hybridized carbons (Fsp3) is 0.143. The molecule has 1 aromatic rings. The third-order valence-corrected chi connectivity index (χ3v) is 6.94. The SMILES string of the molecule is Cc1ccccc1.O=[P+]([O-])OP(=O)([O-])O[P+](=O)[O-].O=[P+]([O-])OP(=O)([O-])O[P+](=O)[O-].[Zn+2].[Zn+2].[Zn+2]. The molecule has 0 aliphatic carbocycles. The third kappa shape index (κ3) is 33.7. The van der Waals surface area contributed by atoms with Crippen LogP contribution in [0.1, 0.15) is 5.56 Å². The van der Waals surface area contributed by atoms with Gasteiger partial charge in [0, 0.05) is 0 Å². The molecule has 25 heteroatoms. The van der Waals surface area contributed by atoms with Crippen LogP contribution in [0.4, 0.5) is 0 Å². The van der Waals surface area contributed by atoms with Gasteiger partial charge in [0.1, 0.15) is 0 Å². The minimum Gasteiger partial charge on any atom is -0.750 e. The minimum absolute atomic E-state index is 0. The summed E-state index contributed by atoms with van der Waals surface area (Å²) in [5.74, 6) is 0. The molecule has 0 spiro atoms. The molecule has 32 heavy (non-hydrogen) atoms. The van der Waals surface area contributed by atoms with Crippen molar-refractivity contribution in [1.29, 1.82) is 0 Å². The number of hydrogen-bond acceptors (Lipinski definition) is 16. The molecular formula is C7H8O16P6Zn3+4. The summed E-state index contributed by atoms with van der Waals surface area (Å²) in [5, 5.41) is 0. The second-order valence-corrected chi connectivity index (χ2v) is 9.96. The van der Waals surface area contributed by atoms with Gasteiger partial charge < -0.3 is 29.4 Å². The average Bonchev–Trinajstić information content (AvgIpc) is 2.43. The molecule has 0 aliphatic heterocycles. The molecule has 4 atom stereocenters. The Morgan fingerprint density at radius 2 is 0.844 bits per heavy atom. The predicted molar refractivity (Wildman–Crippen MR) is 81.2 cm³/mol. The molecule has 0 radical (unpaired) electrons. The molecule has 0 saturated heterocycles. The topological polar surface area (TPSA) is 278 Å². The van der Waals surface area contributed by atoms with E-state index in [-0.39, 0.29) is 58.4 Å². The van der Waals surface area contributed by atoms with E-state index in [4.69, 9.17) is 0 Å². The van der Waals surface area contributed by atoms with Crippen LogP contribution >= 0.6 is 48.7 Å². The third-order valence-electron chi connectivity index (χ3n) is 1.61. The fourth-order valence-electron chi connectivity index (χ4n) is 0.891. The maximum Gasteiger partial charge on any atom is 2.00 e. The Labute approximate surface area is 222 Å². The molecule has 164 valence electrons. The first kappa shape index (κ1) is 43.6. The first-order valence-electron chi connectivity index (χ1n) is 6.06. The molecule has 0 bridgehead atoms. The summed E-state index contributed by atoms with van der Waals surface area (Å²) in [6, 6.07) is 10.3. The van der Waals surface area contributed by atoms with Crippen molar-refractivity contribution in [2.75, 3.05) is 0 Å². The fourth-order valence-corrected chi connectivity index (χ4v) is 4.28. The van der Waals surface area contributed by atoms with Gasteiger partial charge in [0.25, 0.3) is 0 Å². The largest absolute Gasteiger partial charge is 2.00 e. The van der Waals surface area contributed by atoms with Gasteiger partial charge in [-0.25, -0.2) is 0 Å². The molecule has 1 rings (SSSR count). The summed E-state index contributed by atoms with van der Waals surface area (Å²) in [6.45, 7) is 2.08. The van der Waals surface area contributed by atoms with Gasteiger partial charge in [-0.15, -0.1) is 0 Å². The van der Waals surface area contributed by atoms with Crippen LogP contribution in [0.25, 0.3) is 0 Å². The smallest absolute Gasteiger partial charge is 0.750 e. The van der Waals surface area contributed by atoms with Crippen LogP contribution in [0, 0.1) is 6.92 Å². The maximum atomic E-state index is 10.1. The van der Waals surface area contributed by atoms with Crippen LogP contribution in [-0.4, -0.2) is 0 Å². The van der Waals surface area contributed by atoms with E-state index in [0.717, 1.165) is 0 Å². The summed E-state index contributed by atoms with van der Waals surface area (Å²) in [4.78, 5) is 58.4. The van der Waals surface area contributed by atoms with Crippen molar-refractivity contribution in [2.45, 2.75) is 6.92 Å². The van der Waals surface area contributed by atoms with Crippen LogP contribution in [-0.2, 0) is 103 Å². The van der Waals surface area contributed by atoms with E-state index >= 15 is 0 Å². The van der Waals surface area contributed by atoms with Gasteiger partial charge in [-0.2, -0.15) is 0 Å². The van der Waals surface area contributed by atoms with E-state index in [1.807, 2.05) is 18.2 Å². The van der Waals surface area contributed by atoms with Crippen molar-refractivity contribution in [1.82, 2.24) is 0 Å². The molecular weight excluding hydrogens is 722 g/mol. The normalized spacial score (nSPS) is 14.8. The van der Waals surface area contributed by atoms with E-state index < -0.39 is 48.7 Å². The molecule has 0 heterocycles. The molecule has 16 nitrogen and oxygen atoms in total. The van der Waals surface area contributed by atoms with Crippen molar-refractivity contribution in [3.63, 3.8) is 0 Å². The van der Waals surface area contributed by atoms with Crippen molar-refractivity contribution in [2.24, 2.45) is 0 Å². The van der Waals surface area contributed by atoms with Crippen molar-refractivity contribution < 1.29 is 132 Å². The van der Waals surface area contributed by atoms with Crippen molar-refractivity contribution in [3.05, 3.63) is 35.9 Å². The summed E-state index contributed by atoms with van der Waals surface area (Å²) >= 11 is 0. The van der Waals surface area contributed by atoms with Crippen LogP contribution in [0.2, 0.25) is 0 Å². The summed E-state index contributed by atoms with van der Waals surface area (Å²) in [6.07, 6.45) is 0.